The van der Waals surface area contributed by atoms with Crippen molar-refractivity contribution in [3.8, 4) is 0 Å². The van der Waals surface area contributed by atoms with E-state index in [-0.39, 0.29) is 5.91 Å². The number of amides is 1. The van der Waals surface area contributed by atoms with Crippen molar-refractivity contribution < 1.29 is 4.79 Å². The second-order valence-electron chi connectivity index (χ2n) is 3.74. The minimum Gasteiger partial charge on any atom is -0.348 e. The SMILES string of the molecule is O=C(NC1CC1)c1n[nH]c2ccncc12. The van der Waals surface area contributed by atoms with Gasteiger partial charge in [-0.25, -0.2) is 0 Å². The maximum absolute atomic E-state index is 11.7. The Kier molecular flexibility index (Phi) is 1.71. The van der Waals surface area contributed by atoms with Crippen LogP contribution >= 0.6 is 0 Å². The Bertz CT molecular complexity index is 515. The van der Waals surface area contributed by atoms with E-state index in [0.29, 0.717) is 11.7 Å². The van der Waals surface area contributed by atoms with Gasteiger partial charge in [-0.05, 0) is 18.9 Å². The van der Waals surface area contributed by atoms with Gasteiger partial charge in [-0.15, -0.1) is 0 Å². The zero-order valence-corrected chi connectivity index (χ0v) is 8.03. The molecule has 3 rings (SSSR count). The molecule has 0 aromatic carbocycles. The van der Waals surface area contributed by atoms with Gasteiger partial charge in [0, 0.05) is 18.4 Å². The molecule has 5 heteroatoms. The first-order valence-corrected chi connectivity index (χ1v) is 4.93. The van der Waals surface area contributed by atoms with Crippen molar-refractivity contribution in [2.45, 2.75) is 18.9 Å². The highest BCUT2D eigenvalue weighted by Gasteiger charge is 2.25. The lowest BCUT2D eigenvalue weighted by Crippen LogP contribution is -2.25. The summed E-state index contributed by atoms with van der Waals surface area (Å²) in [6, 6.07) is 2.15. The second kappa shape index (κ2) is 3.05. The summed E-state index contributed by atoms with van der Waals surface area (Å²) in [5.41, 5.74) is 1.27. The molecule has 2 N–H and O–H groups in total. The van der Waals surface area contributed by atoms with Crippen molar-refractivity contribution in [2.24, 2.45) is 0 Å². The maximum Gasteiger partial charge on any atom is 0.272 e. The van der Waals surface area contributed by atoms with Gasteiger partial charge < -0.3 is 5.32 Å². The molecule has 15 heavy (non-hydrogen) atoms. The third kappa shape index (κ3) is 1.45. The molecule has 1 saturated carbocycles. The molecule has 2 aromatic heterocycles. The van der Waals surface area contributed by atoms with E-state index >= 15 is 0 Å². The van der Waals surface area contributed by atoms with E-state index in [2.05, 4.69) is 20.5 Å². The highest BCUT2D eigenvalue weighted by Crippen LogP contribution is 2.20. The molecule has 2 heterocycles. The molecule has 5 nitrogen and oxygen atoms in total. The smallest absolute Gasteiger partial charge is 0.272 e. The van der Waals surface area contributed by atoms with Crippen LogP contribution in [0, 0.1) is 0 Å². The van der Waals surface area contributed by atoms with Crippen LogP contribution in [-0.2, 0) is 0 Å². The Morgan fingerprint density at radius 1 is 1.53 bits per heavy atom. The first-order valence-electron chi connectivity index (χ1n) is 4.93. The van der Waals surface area contributed by atoms with Gasteiger partial charge in [0.1, 0.15) is 0 Å². The molecular weight excluding hydrogens is 192 g/mol. The lowest BCUT2D eigenvalue weighted by molar-refractivity contribution is 0.0947. The summed E-state index contributed by atoms with van der Waals surface area (Å²) in [7, 11) is 0. The topological polar surface area (TPSA) is 70.7 Å². The van der Waals surface area contributed by atoms with E-state index in [0.717, 1.165) is 23.7 Å². The van der Waals surface area contributed by atoms with Crippen LogP contribution in [0.1, 0.15) is 23.3 Å². The maximum atomic E-state index is 11.7. The number of pyridine rings is 1. The molecule has 76 valence electrons. The quantitative estimate of drug-likeness (QED) is 0.758. The molecule has 0 radical (unpaired) electrons. The van der Waals surface area contributed by atoms with Crippen LogP contribution in [0.4, 0.5) is 0 Å². The van der Waals surface area contributed by atoms with Crippen molar-refractivity contribution in [2.75, 3.05) is 0 Å². The third-order valence-corrected chi connectivity index (χ3v) is 2.49. The zero-order chi connectivity index (χ0) is 10.3. The van der Waals surface area contributed by atoms with Gasteiger partial charge >= 0.3 is 0 Å². The van der Waals surface area contributed by atoms with Crippen LogP contribution in [0.5, 0.6) is 0 Å². The lowest BCUT2D eigenvalue weighted by Gasteiger charge is -1.98. The number of carbonyl (C=O) groups excluding carboxylic acids is 1. The molecule has 0 atom stereocenters. The van der Waals surface area contributed by atoms with Crippen molar-refractivity contribution in [1.82, 2.24) is 20.5 Å². The molecule has 0 bridgehead atoms. The van der Waals surface area contributed by atoms with Crippen LogP contribution in [0.25, 0.3) is 10.9 Å². The van der Waals surface area contributed by atoms with Crippen LogP contribution < -0.4 is 5.32 Å². The summed E-state index contributed by atoms with van der Waals surface area (Å²) in [6.07, 6.45) is 5.47. The van der Waals surface area contributed by atoms with E-state index in [4.69, 9.17) is 0 Å². The molecule has 1 aliphatic rings. The Labute approximate surface area is 85.9 Å². The summed E-state index contributed by atoms with van der Waals surface area (Å²) in [6.45, 7) is 0. The van der Waals surface area contributed by atoms with E-state index < -0.39 is 0 Å². The fourth-order valence-corrected chi connectivity index (χ4v) is 1.51. The van der Waals surface area contributed by atoms with Gasteiger partial charge in [0.2, 0.25) is 0 Å². The van der Waals surface area contributed by atoms with Gasteiger partial charge in [0.15, 0.2) is 5.69 Å². The zero-order valence-electron chi connectivity index (χ0n) is 8.03. The number of H-pyrrole nitrogens is 1. The number of nitrogens with zero attached hydrogens (tertiary/aromatic N) is 2. The Morgan fingerprint density at radius 2 is 2.40 bits per heavy atom. The van der Waals surface area contributed by atoms with E-state index in [9.17, 15) is 4.79 Å². The molecule has 0 aliphatic heterocycles. The van der Waals surface area contributed by atoms with Gasteiger partial charge in [0.05, 0.1) is 10.9 Å². The van der Waals surface area contributed by atoms with Crippen molar-refractivity contribution in [1.29, 1.82) is 0 Å². The fourth-order valence-electron chi connectivity index (χ4n) is 1.51. The lowest BCUT2D eigenvalue weighted by atomic mass is 10.2. The molecule has 0 spiro atoms. The van der Waals surface area contributed by atoms with E-state index in [1.165, 1.54) is 0 Å². The first kappa shape index (κ1) is 8.40. The molecule has 2 aromatic rings. The van der Waals surface area contributed by atoms with Crippen LogP contribution in [0.3, 0.4) is 0 Å². The van der Waals surface area contributed by atoms with Crippen LogP contribution in [0.2, 0.25) is 0 Å². The van der Waals surface area contributed by atoms with Crippen molar-refractivity contribution in [3.63, 3.8) is 0 Å². The first-order chi connectivity index (χ1) is 7.34. The average molecular weight is 202 g/mol. The second-order valence-corrected chi connectivity index (χ2v) is 3.74. The number of carbonyl (C=O) groups is 1. The van der Waals surface area contributed by atoms with Gasteiger partial charge in [-0.2, -0.15) is 5.10 Å². The number of rotatable bonds is 2. The monoisotopic (exact) mass is 202 g/mol. The Balaban J connectivity index is 1.98. The highest BCUT2D eigenvalue weighted by molar-refractivity contribution is 6.04. The third-order valence-electron chi connectivity index (χ3n) is 2.49. The Hall–Kier alpha value is -1.91. The van der Waals surface area contributed by atoms with Gasteiger partial charge in [0.25, 0.3) is 5.91 Å². The number of aromatic amines is 1. The number of nitrogens with one attached hydrogen (secondary N) is 2. The summed E-state index contributed by atoms with van der Waals surface area (Å²) >= 11 is 0. The predicted molar refractivity (Wildman–Crippen MR) is 54.4 cm³/mol. The number of fused-ring (bicyclic) bond motifs is 1. The fraction of sp³-hybridized carbons (Fsp3) is 0.300. The summed E-state index contributed by atoms with van der Waals surface area (Å²) in [5.74, 6) is -0.114. The van der Waals surface area contributed by atoms with Gasteiger partial charge in [-0.1, -0.05) is 0 Å². The summed E-state index contributed by atoms with van der Waals surface area (Å²) in [5, 5.41) is 10.5. The van der Waals surface area contributed by atoms with Crippen molar-refractivity contribution >= 4 is 16.8 Å². The number of hydrogen-bond acceptors (Lipinski definition) is 3. The van der Waals surface area contributed by atoms with Crippen LogP contribution in [-0.4, -0.2) is 27.1 Å². The molecule has 0 saturated heterocycles. The van der Waals surface area contributed by atoms with Gasteiger partial charge in [-0.3, -0.25) is 14.9 Å². The normalized spacial score (nSPS) is 15.5. The summed E-state index contributed by atoms with van der Waals surface area (Å²) in [4.78, 5) is 15.7. The highest BCUT2D eigenvalue weighted by atomic mass is 16.2. The minimum atomic E-state index is -0.114. The predicted octanol–water partition coefficient (Wildman–Crippen LogP) is 0.850. The largest absolute Gasteiger partial charge is 0.348 e. The average Bonchev–Trinajstić information content (AvgIpc) is 2.96. The number of hydrogen-bond donors (Lipinski definition) is 2. The van der Waals surface area contributed by atoms with Crippen LogP contribution in [0.15, 0.2) is 18.5 Å². The van der Waals surface area contributed by atoms with E-state index in [1.54, 1.807) is 18.5 Å². The van der Waals surface area contributed by atoms with E-state index in [1.807, 2.05) is 0 Å². The summed E-state index contributed by atoms with van der Waals surface area (Å²) < 4.78 is 0. The minimum absolute atomic E-state index is 0.114. The van der Waals surface area contributed by atoms with Crippen molar-refractivity contribution in [3.05, 3.63) is 24.2 Å². The standard InChI is InChI=1S/C10H10N4O/c15-10(12-6-1-2-6)9-7-5-11-4-3-8(7)13-14-9/h3-6H,1-2H2,(H,12,15)(H,13,14). The number of aromatic nitrogens is 3. The molecule has 0 unspecified atom stereocenters. The molecular formula is C10H10N4O. The molecule has 1 fully saturated rings. The molecule has 1 amide bonds. The molecule has 1 aliphatic carbocycles. The Morgan fingerprint density at radius 3 is 3.20 bits per heavy atom.